The number of hydrogen-bond acceptors (Lipinski definition) is 7. The quantitative estimate of drug-likeness (QED) is 0.420. The van der Waals surface area contributed by atoms with Crippen molar-refractivity contribution < 1.29 is 13.9 Å². The van der Waals surface area contributed by atoms with Crippen molar-refractivity contribution in [2.75, 3.05) is 0 Å². The molecule has 2 bridgehead atoms. The number of benzene rings is 1. The number of H-pyrrole nitrogens is 1. The van der Waals surface area contributed by atoms with E-state index in [-0.39, 0.29) is 22.6 Å². The van der Waals surface area contributed by atoms with Crippen LogP contribution in [0.1, 0.15) is 74.8 Å². The van der Waals surface area contributed by atoms with Gasteiger partial charge >= 0.3 is 0 Å². The molecule has 6 rings (SSSR count). The van der Waals surface area contributed by atoms with Gasteiger partial charge in [-0.3, -0.25) is 10.1 Å². The molecule has 0 spiro atoms. The van der Waals surface area contributed by atoms with E-state index in [2.05, 4.69) is 44.2 Å². The summed E-state index contributed by atoms with van der Waals surface area (Å²) in [7, 11) is 0. The summed E-state index contributed by atoms with van der Waals surface area (Å²) in [6, 6.07) is 5.56. The summed E-state index contributed by atoms with van der Waals surface area (Å²) in [6.07, 6.45) is 4.77. The largest absolute Gasteiger partial charge is 0.385 e. The molecule has 1 aromatic carbocycles. The first-order valence-electron chi connectivity index (χ1n) is 12.0. The fourth-order valence-electron chi connectivity index (χ4n) is 6.16. The Labute approximate surface area is 206 Å². The smallest absolute Gasteiger partial charge is 0.179 e. The Kier molecular flexibility index (Phi) is 5.01. The lowest BCUT2D eigenvalue weighted by molar-refractivity contribution is 0.164. The molecule has 36 heavy (non-hydrogen) atoms. The van der Waals surface area contributed by atoms with Crippen LogP contribution in [0.2, 0.25) is 0 Å². The summed E-state index contributed by atoms with van der Waals surface area (Å²) in [5, 5.41) is 25.9. The van der Waals surface area contributed by atoms with Gasteiger partial charge in [0.05, 0.1) is 34.3 Å². The minimum atomic E-state index is -0.760. The van der Waals surface area contributed by atoms with Crippen LogP contribution >= 0.6 is 0 Å². The van der Waals surface area contributed by atoms with Crippen LogP contribution in [0.15, 0.2) is 36.7 Å². The van der Waals surface area contributed by atoms with Crippen LogP contribution in [0.3, 0.4) is 0 Å². The SMILES string of the molecule is CC[C@H](O)c1n[nH]c(-c2cncc([C@@]34CC[C@@H](c5cc(-c6c(F)cccc6F)nnc53)C4(C)C)n2)n1. The highest BCUT2D eigenvalue weighted by Crippen LogP contribution is 2.69. The maximum atomic E-state index is 14.5. The van der Waals surface area contributed by atoms with Crippen LogP contribution in [0, 0.1) is 17.0 Å². The van der Waals surface area contributed by atoms with Crippen LogP contribution < -0.4 is 0 Å². The van der Waals surface area contributed by atoms with E-state index in [9.17, 15) is 13.9 Å². The predicted octanol–water partition coefficient (Wildman–Crippen LogP) is 4.64. The standard InChI is InChI=1S/C26H25F2N7O/c1-4-19(36)24-31-23(34-35-24)18-11-29-12-20(30-18)26-9-8-14(25(26,2)3)13-10-17(32-33-22(13)26)21-15(27)6-5-7-16(21)28/h5-7,10-12,14,19,36H,4,8-9H2,1-3H3,(H,31,34,35)/t14-,19-,26-/m0/s1. The zero-order chi connectivity index (χ0) is 25.2. The predicted molar refractivity (Wildman–Crippen MR) is 127 cm³/mol. The lowest BCUT2D eigenvalue weighted by Crippen LogP contribution is -2.38. The fraction of sp³-hybridized carbons (Fsp3) is 0.385. The lowest BCUT2D eigenvalue weighted by Gasteiger charge is -2.37. The third-order valence-electron chi connectivity index (χ3n) is 8.10. The number of halogens is 2. The molecule has 1 saturated carbocycles. The van der Waals surface area contributed by atoms with Crippen molar-refractivity contribution in [3.05, 3.63) is 71.1 Å². The van der Waals surface area contributed by atoms with Crippen LogP contribution in [0.5, 0.6) is 0 Å². The zero-order valence-electron chi connectivity index (χ0n) is 20.1. The molecule has 184 valence electrons. The van der Waals surface area contributed by atoms with Crippen molar-refractivity contribution in [2.24, 2.45) is 5.41 Å². The molecule has 0 radical (unpaired) electrons. The second-order valence-electron chi connectivity index (χ2n) is 10.1. The van der Waals surface area contributed by atoms with Crippen LogP contribution in [-0.2, 0) is 5.41 Å². The molecule has 8 nitrogen and oxygen atoms in total. The highest BCUT2D eigenvalue weighted by Gasteiger charge is 2.65. The van der Waals surface area contributed by atoms with Crippen molar-refractivity contribution in [1.29, 1.82) is 0 Å². The van der Waals surface area contributed by atoms with Crippen LogP contribution in [0.4, 0.5) is 8.78 Å². The van der Waals surface area contributed by atoms with Crippen molar-refractivity contribution in [3.8, 4) is 22.8 Å². The van der Waals surface area contributed by atoms with Gasteiger partial charge in [-0.15, -0.1) is 5.10 Å². The average molecular weight is 490 g/mol. The van der Waals surface area contributed by atoms with E-state index in [1.807, 2.05) is 6.92 Å². The van der Waals surface area contributed by atoms with Gasteiger partial charge in [-0.25, -0.2) is 18.7 Å². The van der Waals surface area contributed by atoms with Gasteiger partial charge in [0, 0.05) is 6.20 Å². The normalized spacial score (nSPS) is 22.6. The van der Waals surface area contributed by atoms with Crippen LogP contribution in [-0.4, -0.2) is 40.5 Å². The van der Waals surface area contributed by atoms with Crippen molar-refractivity contribution >= 4 is 0 Å². The number of nitrogens with one attached hydrogen (secondary N) is 1. The molecule has 2 aliphatic rings. The Hall–Kier alpha value is -3.66. The second-order valence-corrected chi connectivity index (χ2v) is 10.1. The molecule has 3 heterocycles. The summed E-state index contributed by atoms with van der Waals surface area (Å²) >= 11 is 0. The summed E-state index contributed by atoms with van der Waals surface area (Å²) < 4.78 is 29.0. The molecule has 3 atom stereocenters. The molecule has 2 N–H and O–H groups in total. The highest BCUT2D eigenvalue weighted by atomic mass is 19.1. The highest BCUT2D eigenvalue weighted by molar-refractivity contribution is 5.64. The Morgan fingerprint density at radius 1 is 1.11 bits per heavy atom. The van der Waals surface area contributed by atoms with Gasteiger partial charge in [0.15, 0.2) is 11.6 Å². The summed E-state index contributed by atoms with van der Waals surface area (Å²) in [5.74, 6) is -0.479. The van der Waals surface area contributed by atoms with E-state index >= 15 is 0 Å². The van der Waals surface area contributed by atoms with Gasteiger partial charge in [-0.05, 0) is 54.4 Å². The Balaban J connectivity index is 1.47. The van der Waals surface area contributed by atoms with Gasteiger partial charge in [0.25, 0.3) is 0 Å². The molecule has 0 amide bonds. The molecular weight excluding hydrogens is 464 g/mol. The molecule has 0 saturated heterocycles. The van der Waals surface area contributed by atoms with Gasteiger partial charge in [-0.1, -0.05) is 26.8 Å². The summed E-state index contributed by atoms with van der Waals surface area (Å²) in [4.78, 5) is 13.8. The molecule has 10 heteroatoms. The third-order valence-corrected chi connectivity index (χ3v) is 8.10. The Bertz CT molecular complexity index is 1470. The number of fused-ring (bicyclic) bond motifs is 5. The van der Waals surface area contributed by atoms with Gasteiger partial charge in [-0.2, -0.15) is 10.2 Å². The van der Waals surface area contributed by atoms with Gasteiger partial charge in [0.1, 0.15) is 23.4 Å². The van der Waals surface area contributed by atoms with E-state index in [1.165, 1.54) is 18.2 Å². The second kappa shape index (κ2) is 7.92. The topological polar surface area (TPSA) is 113 Å². The van der Waals surface area contributed by atoms with Crippen molar-refractivity contribution in [3.63, 3.8) is 0 Å². The maximum absolute atomic E-state index is 14.5. The average Bonchev–Trinajstić information content (AvgIpc) is 3.52. The number of aromatic amines is 1. The first-order chi connectivity index (χ1) is 17.3. The zero-order valence-corrected chi connectivity index (χ0v) is 20.1. The number of aliphatic hydroxyl groups excluding tert-OH is 1. The van der Waals surface area contributed by atoms with E-state index < -0.39 is 23.2 Å². The Morgan fingerprint density at radius 2 is 1.89 bits per heavy atom. The molecule has 2 aliphatic carbocycles. The first kappa shape index (κ1) is 22.8. The van der Waals surface area contributed by atoms with E-state index in [0.29, 0.717) is 23.8 Å². The molecule has 0 unspecified atom stereocenters. The molecule has 4 aromatic rings. The maximum Gasteiger partial charge on any atom is 0.179 e. The summed E-state index contributed by atoms with van der Waals surface area (Å²) in [6.45, 7) is 6.20. The van der Waals surface area contributed by atoms with Crippen molar-refractivity contribution in [1.82, 2.24) is 35.3 Å². The fourth-order valence-corrected chi connectivity index (χ4v) is 6.16. The van der Waals surface area contributed by atoms with E-state index in [0.717, 1.165) is 29.8 Å². The van der Waals surface area contributed by atoms with Gasteiger partial charge < -0.3 is 5.11 Å². The number of rotatable bonds is 5. The number of aromatic nitrogens is 7. The third kappa shape index (κ3) is 3.00. The molecule has 1 fully saturated rings. The number of nitrogens with zero attached hydrogens (tertiary/aromatic N) is 6. The summed E-state index contributed by atoms with van der Waals surface area (Å²) in [5.41, 5.74) is 2.13. The first-order valence-corrected chi connectivity index (χ1v) is 12.0. The molecular formula is C26H25F2N7O. The molecule has 0 aliphatic heterocycles. The number of hydrogen-bond donors (Lipinski definition) is 2. The van der Waals surface area contributed by atoms with E-state index in [1.54, 1.807) is 18.5 Å². The molecule has 3 aromatic heterocycles. The number of aliphatic hydroxyl groups is 1. The van der Waals surface area contributed by atoms with E-state index in [4.69, 9.17) is 4.98 Å². The Morgan fingerprint density at radius 3 is 2.64 bits per heavy atom. The van der Waals surface area contributed by atoms with Gasteiger partial charge in [0.2, 0.25) is 0 Å². The lowest BCUT2D eigenvalue weighted by atomic mass is 9.66. The van der Waals surface area contributed by atoms with Crippen molar-refractivity contribution in [2.45, 2.75) is 57.5 Å². The minimum absolute atomic E-state index is 0.124. The minimum Gasteiger partial charge on any atom is -0.385 e. The monoisotopic (exact) mass is 489 g/mol. The van der Waals surface area contributed by atoms with Crippen LogP contribution in [0.25, 0.3) is 22.8 Å².